The number of ether oxygens (including phenoxy) is 1. The quantitative estimate of drug-likeness (QED) is 0.817. The lowest BCUT2D eigenvalue weighted by molar-refractivity contribution is 0.0467. The van der Waals surface area contributed by atoms with Crippen molar-refractivity contribution >= 4 is 6.09 Å². The van der Waals surface area contributed by atoms with Crippen LogP contribution in [0.4, 0.5) is 4.79 Å². The maximum Gasteiger partial charge on any atom is 0.407 e. The highest BCUT2D eigenvalue weighted by Gasteiger charge is 2.33. The number of rotatable bonds is 4. The van der Waals surface area contributed by atoms with Crippen LogP contribution in [0.5, 0.6) is 0 Å². The molecule has 6 heteroatoms. The van der Waals surface area contributed by atoms with Crippen LogP contribution in [-0.4, -0.2) is 72.3 Å². The molecule has 2 saturated heterocycles. The highest BCUT2D eigenvalue weighted by molar-refractivity contribution is 5.68. The zero-order valence-corrected chi connectivity index (χ0v) is 15.2. The van der Waals surface area contributed by atoms with E-state index in [1.54, 1.807) is 0 Å². The lowest BCUT2D eigenvalue weighted by Gasteiger charge is -2.36. The van der Waals surface area contributed by atoms with Crippen LogP contribution in [0.15, 0.2) is 0 Å². The number of nitrogens with two attached hydrogens (primary N) is 1. The summed E-state index contributed by atoms with van der Waals surface area (Å²) in [5, 5.41) is 2.97. The number of amides is 1. The standard InChI is InChI=1S/C17H34N4O2/c1-13(19-16(22)23-17(2,3)4)15(11-18)21-10-6-9-20-8-5-7-14(20)12-21/h13-15H,5-12,18H2,1-4H3,(H,19,22). The second kappa shape index (κ2) is 7.81. The fourth-order valence-corrected chi connectivity index (χ4v) is 3.80. The van der Waals surface area contributed by atoms with Crippen LogP contribution in [0.1, 0.15) is 47.0 Å². The summed E-state index contributed by atoms with van der Waals surface area (Å²) in [6.45, 7) is 12.7. The molecular formula is C17H34N4O2. The van der Waals surface area contributed by atoms with Crippen molar-refractivity contribution in [1.82, 2.24) is 15.1 Å². The number of nitrogens with zero attached hydrogens (tertiary/aromatic N) is 2. The third-order valence-electron chi connectivity index (χ3n) is 4.87. The highest BCUT2D eigenvalue weighted by atomic mass is 16.6. The zero-order valence-electron chi connectivity index (χ0n) is 15.2. The highest BCUT2D eigenvalue weighted by Crippen LogP contribution is 2.23. The molecule has 0 spiro atoms. The van der Waals surface area contributed by atoms with Crippen LogP contribution in [-0.2, 0) is 4.74 Å². The zero-order chi connectivity index (χ0) is 17.0. The van der Waals surface area contributed by atoms with Gasteiger partial charge in [0.2, 0.25) is 0 Å². The smallest absolute Gasteiger partial charge is 0.407 e. The maximum absolute atomic E-state index is 12.0. The van der Waals surface area contributed by atoms with E-state index < -0.39 is 5.60 Å². The van der Waals surface area contributed by atoms with E-state index in [2.05, 4.69) is 15.1 Å². The summed E-state index contributed by atoms with van der Waals surface area (Å²) in [7, 11) is 0. The maximum atomic E-state index is 12.0. The number of carbonyl (C=O) groups is 1. The van der Waals surface area contributed by atoms with Gasteiger partial charge in [0.25, 0.3) is 0 Å². The summed E-state index contributed by atoms with van der Waals surface area (Å²) >= 11 is 0. The molecule has 2 aliphatic heterocycles. The summed E-state index contributed by atoms with van der Waals surface area (Å²) in [4.78, 5) is 17.1. The third kappa shape index (κ3) is 5.33. The Morgan fingerprint density at radius 1 is 1.30 bits per heavy atom. The number of nitrogens with one attached hydrogen (secondary N) is 1. The minimum absolute atomic E-state index is 0.0252. The normalized spacial score (nSPS) is 26.2. The molecule has 1 amide bonds. The first-order chi connectivity index (χ1) is 10.8. The van der Waals surface area contributed by atoms with Crippen LogP contribution in [0, 0.1) is 0 Å². The Morgan fingerprint density at radius 2 is 2.00 bits per heavy atom. The predicted octanol–water partition coefficient (Wildman–Crippen LogP) is 1.40. The molecule has 0 aromatic rings. The lowest BCUT2D eigenvalue weighted by Crippen LogP contribution is -2.56. The Labute approximate surface area is 140 Å². The van der Waals surface area contributed by atoms with Crippen LogP contribution in [0.25, 0.3) is 0 Å². The molecule has 2 rings (SSSR count). The molecule has 2 heterocycles. The summed E-state index contributed by atoms with van der Waals surface area (Å²) < 4.78 is 5.37. The van der Waals surface area contributed by atoms with Gasteiger partial charge >= 0.3 is 6.09 Å². The van der Waals surface area contributed by atoms with Crippen molar-refractivity contribution < 1.29 is 9.53 Å². The van der Waals surface area contributed by atoms with Gasteiger partial charge in [0.05, 0.1) is 0 Å². The third-order valence-corrected chi connectivity index (χ3v) is 4.87. The lowest BCUT2D eigenvalue weighted by atomic mass is 10.1. The molecule has 134 valence electrons. The number of hydrogen-bond donors (Lipinski definition) is 2. The second-order valence-electron chi connectivity index (χ2n) is 7.92. The van der Waals surface area contributed by atoms with Gasteiger partial charge in [0.1, 0.15) is 5.60 Å². The molecule has 0 radical (unpaired) electrons. The Bertz CT molecular complexity index is 397. The Kier molecular flexibility index (Phi) is 6.28. The van der Waals surface area contributed by atoms with Crippen LogP contribution in [0.2, 0.25) is 0 Å². The molecule has 6 nitrogen and oxygen atoms in total. The van der Waals surface area contributed by atoms with Crippen molar-refractivity contribution in [3.63, 3.8) is 0 Å². The van der Waals surface area contributed by atoms with Crippen molar-refractivity contribution in [2.75, 3.05) is 32.7 Å². The molecule has 0 saturated carbocycles. The molecular weight excluding hydrogens is 292 g/mol. The summed E-state index contributed by atoms with van der Waals surface area (Å²) in [5.41, 5.74) is 5.57. The van der Waals surface area contributed by atoms with E-state index in [-0.39, 0.29) is 18.2 Å². The van der Waals surface area contributed by atoms with Crippen molar-refractivity contribution in [2.45, 2.75) is 70.7 Å². The number of hydrogen-bond acceptors (Lipinski definition) is 5. The molecule has 23 heavy (non-hydrogen) atoms. The van der Waals surface area contributed by atoms with Crippen LogP contribution in [0.3, 0.4) is 0 Å². The SMILES string of the molecule is CC(NC(=O)OC(C)(C)C)C(CN)N1CCCN2CCCC2C1. The van der Waals surface area contributed by atoms with Gasteiger partial charge in [0, 0.05) is 31.2 Å². The van der Waals surface area contributed by atoms with Gasteiger partial charge in [0.15, 0.2) is 0 Å². The van der Waals surface area contributed by atoms with Gasteiger partial charge in [-0.25, -0.2) is 4.79 Å². The van der Waals surface area contributed by atoms with Crippen LogP contribution >= 0.6 is 0 Å². The van der Waals surface area contributed by atoms with E-state index >= 15 is 0 Å². The second-order valence-corrected chi connectivity index (χ2v) is 7.92. The average molecular weight is 326 g/mol. The number of alkyl carbamates (subject to hydrolysis) is 1. The van der Waals surface area contributed by atoms with E-state index in [0.29, 0.717) is 12.6 Å². The molecule has 3 N–H and O–H groups in total. The van der Waals surface area contributed by atoms with Gasteiger partial charge in [-0.15, -0.1) is 0 Å². The average Bonchev–Trinajstić information content (AvgIpc) is 2.75. The van der Waals surface area contributed by atoms with E-state index in [1.807, 2.05) is 27.7 Å². The Hall–Kier alpha value is -0.850. The van der Waals surface area contributed by atoms with Crippen LogP contribution < -0.4 is 11.1 Å². The summed E-state index contributed by atoms with van der Waals surface area (Å²) in [6.07, 6.45) is 3.39. The molecule has 0 aromatic heterocycles. The molecule has 3 atom stereocenters. The van der Waals surface area contributed by atoms with Gasteiger partial charge in [-0.1, -0.05) is 0 Å². The molecule has 2 aliphatic rings. The fourth-order valence-electron chi connectivity index (χ4n) is 3.80. The van der Waals surface area contributed by atoms with E-state index in [4.69, 9.17) is 10.5 Å². The van der Waals surface area contributed by atoms with Gasteiger partial charge in [-0.2, -0.15) is 0 Å². The number of carbonyl (C=O) groups excluding carboxylic acids is 1. The Morgan fingerprint density at radius 3 is 2.65 bits per heavy atom. The predicted molar refractivity (Wildman–Crippen MR) is 92.5 cm³/mol. The molecule has 3 unspecified atom stereocenters. The first-order valence-corrected chi connectivity index (χ1v) is 8.98. The van der Waals surface area contributed by atoms with Crippen molar-refractivity contribution in [3.8, 4) is 0 Å². The van der Waals surface area contributed by atoms with E-state index in [1.165, 1.54) is 32.4 Å². The van der Waals surface area contributed by atoms with Crippen molar-refractivity contribution in [2.24, 2.45) is 5.73 Å². The van der Waals surface area contributed by atoms with Gasteiger partial charge in [-0.05, 0) is 66.6 Å². The Balaban J connectivity index is 1.93. The van der Waals surface area contributed by atoms with Crippen molar-refractivity contribution in [3.05, 3.63) is 0 Å². The first kappa shape index (κ1) is 18.5. The number of fused-ring (bicyclic) bond motifs is 1. The fraction of sp³-hybridized carbons (Fsp3) is 0.941. The van der Waals surface area contributed by atoms with Crippen molar-refractivity contribution in [1.29, 1.82) is 0 Å². The van der Waals surface area contributed by atoms with Gasteiger partial charge < -0.3 is 15.8 Å². The summed E-state index contributed by atoms with van der Waals surface area (Å²) in [6, 6.07) is 0.783. The van der Waals surface area contributed by atoms with E-state index in [0.717, 1.165) is 13.1 Å². The monoisotopic (exact) mass is 326 g/mol. The van der Waals surface area contributed by atoms with Gasteiger partial charge in [-0.3, -0.25) is 9.80 Å². The van der Waals surface area contributed by atoms with E-state index in [9.17, 15) is 4.79 Å². The minimum atomic E-state index is -0.477. The summed E-state index contributed by atoms with van der Waals surface area (Å²) in [5.74, 6) is 0. The first-order valence-electron chi connectivity index (χ1n) is 8.98. The largest absolute Gasteiger partial charge is 0.444 e. The molecule has 2 fully saturated rings. The molecule has 0 bridgehead atoms. The minimum Gasteiger partial charge on any atom is -0.444 e. The molecule has 0 aromatic carbocycles. The topological polar surface area (TPSA) is 70.8 Å². The molecule has 0 aliphatic carbocycles.